The van der Waals surface area contributed by atoms with Crippen LogP contribution in [0.15, 0.2) is 59.0 Å². The summed E-state index contributed by atoms with van der Waals surface area (Å²) in [5.74, 6) is 0.835. The molecule has 0 aliphatic heterocycles. The SMILES string of the molecule is COc1ccc(-c2csc(N/N=C/c3ccc(N(C)C)cc3)n2)cc1. The zero-order valence-corrected chi connectivity index (χ0v) is 15.2. The molecule has 1 heterocycles. The van der Waals surface area contributed by atoms with Gasteiger partial charge in [0.1, 0.15) is 5.75 Å². The average Bonchev–Trinajstić information content (AvgIpc) is 3.11. The Bertz CT molecular complexity index is 839. The lowest BCUT2D eigenvalue weighted by molar-refractivity contribution is 0.415. The van der Waals surface area contributed by atoms with Gasteiger partial charge < -0.3 is 9.64 Å². The van der Waals surface area contributed by atoms with Crippen LogP contribution in [0.2, 0.25) is 0 Å². The molecule has 0 aliphatic rings. The van der Waals surface area contributed by atoms with Crippen molar-refractivity contribution in [1.82, 2.24) is 4.98 Å². The van der Waals surface area contributed by atoms with Gasteiger partial charge >= 0.3 is 0 Å². The zero-order valence-electron chi connectivity index (χ0n) is 14.4. The van der Waals surface area contributed by atoms with E-state index in [2.05, 4.69) is 32.5 Å². The highest BCUT2D eigenvalue weighted by molar-refractivity contribution is 7.14. The van der Waals surface area contributed by atoms with Gasteiger partial charge in [-0.15, -0.1) is 11.3 Å². The molecule has 128 valence electrons. The lowest BCUT2D eigenvalue weighted by Crippen LogP contribution is -2.08. The molecule has 5 nitrogen and oxygen atoms in total. The van der Waals surface area contributed by atoms with Crippen LogP contribution in [0.1, 0.15) is 5.56 Å². The molecule has 0 atom stereocenters. The van der Waals surface area contributed by atoms with E-state index in [1.807, 2.05) is 55.9 Å². The third-order valence-corrected chi connectivity index (χ3v) is 4.42. The third-order valence-electron chi connectivity index (χ3n) is 3.67. The van der Waals surface area contributed by atoms with Gasteiger partial charge in [0.15, 0.2) is 0 Å². The standard InChI is InChI=1S/C19H20N4OS/c1-23(2)16-8-4-14(5-9-16)12-20-22-19-21-18(13-25-19)15-6-10-17(24-3)11-7-15/h4-13H,1-3H3,(H,21,22)/b20-12+. The van der Waals surface area contributed by atoms with Crippen molar-refractivity contribution < 1.29 is 4.74 Å². The zero-order chi connectivity index (χ0) is 17.6. The van der Waals surface area contributed by atoms with Crippen LogP contribution in [-0.2, 0) is 0 Å². The van der Waals surface area contributed by atoms with Crippen molar-refractivity contribution >= 4 is 28.4 Å². The van der Waals surface area contributed by atoms with Crippen molar-refractivity contribution in [2.75, 3.05) is 31.5 Å². The molecule has 1 N–H and O–H groups in total. The first-order valence-electron chi connectivity index (χ1n) is 7.82. The number of benzene rings is 2. The molecule has 3 aromatic rings. The predicted molar refractivity (Wildman–Crippen MR) is 106 cm³/mol. The van der Waals surface area contributed by atoms with Crippen LogP contribution in [0.25, 0.3) is 11.3 Å². The Labute approximate surface area is 151 Å². The summed E-state index contributed by atoms with van der Waals surface area (Å²) in [4.78, 5) is 6.62. The van der Waals surface area contributed by atoms with Gasteiger partial charge in [-0.1, -0.05) is 12.1 Å². The summed E-state index contributed by atoms with van der Waals surface area (Å²) in [6.45, 7) is 0. The quantitative estimate of drug-likeness (QED) is 0.530. The minimum Gasteiger partial charge on any atom is -0.497 e. The van der Waals surface area contributed by atoms with E-state index in [-0.39, 0.29) is 0 Å². The van der Waals surface area contributed by atoms with Crippen molar-refractivity contribution in [1.29, 1.82) is 0 Å². The van der Waals surface area contributed by atoms with Crippen LogP contribution in [0.5, 0.6) is 5.75 Å². The van der Waals surface area contributed by atoms with Crippen LogP contribution in [-0.4, -0.2) is 32.4 Å². The molecular weight excluding hydrogens is 332 g/mol. The summed E-state index contributed by atoms with van der Waals surface area (Å²) >= 11 is 1.52. The van der Waals surface area contributed by atoms with E-state index in [0.717, 1.165) is 33.4 Å². The summed E-state index contributed by atoms with van der Waals surface area (Å²) in [7, 11) is 5.70. The number of aromatic nitrogens is 1. The second-order valence-corrected chi connectivity index (χ2v) is 6.48. The Morgan fingerprint density at radius 2 is 1.80 bits per heavy atom. The highest BCUT2D eigenvalue weighted by Crippen LogP contribution is 2.26. The lowest BCUT2D eigenvalue weighted by atomic mass is 10.2. The number of ether oxygens (including phenoxy) is 1. The molecule has 1 aromatic heterocycles. The van der Waals surface area contributed by atoms with E-state index in [1.165, 1.54) is 11.3 Å². The van der Waals surface area contributed by atoms with E-state index >= 15 is 0 Å². The summed E-state index contributed by atoms with van der Waals surface area (Å²) in [6.07, 6.45) is 1.79. The molecule has 0 spiro atoms. The van der Waals surface area contributed by atoms with E-state index < -0.39 is 0 Å². The van der Waals surface area contributed by atoms with Crippen molar-refractivity contribution in [2.45, 2.75) is 0 Å². The normalized spacial score (nSPS) is 10.8. The molecule has 25 heavy (non-hydrogen) atoms. The molecule has 0 unspecified atom stereocenters. The molecule has 0 amide bonds. The largest absolute Gasteiger partial charge is 0.497 e. The smallest absolute Gasteiger partial charge is 0.203 e. The number of nitrogens with one attached hydrogen (secondary N) is 1. The molecule has 6 heteroatoms. The summed E-state index contributed by atoms with van der Waals surface area (Å²) in [5.41, 5.74) is 7.15. The first-order valence-corrected chi connectivity index (χ1v) is 8.70. The topological polar surface area (TPSA) is 49.8 Å². The lowest BCUT2D eigenvalue weighted by Gasteiger charge is -2.11. The van der Waals surface area contributed by atoms with Gasteiger partial charge in [-0.2, -0.15) is 5.10 Å². The van der Waals surface area contributed by atoms with Crippen LogP contribution in [0.3, 0.4) is 0 Å². The molecule has 2 aromatic carbocycles. The molecule has 0 saturated carbocycles. The molecular formula is C19H20N4OS. The van der Waals surface area contributed by atoms with Crippen LogP contribution >= 0.6 is 11.3 Å². The third kappa shape index (κ3) is 4.36. The average molecular weight is 352 g/mol. The second kappa shape index (κ2) is 7.81. The van der Waals surface area contributed by atoms with Gasteiger partial charge in [-0.05, 0) is 42.0 Å². The number of thiazole rings is 1. The van der Waals surface area contributed by atoms with Gasteiger partial charge in [0.2, 0.25) is 5.13 Å². The van der Waals surface area contributed by atoms with Crippen molar-refractivity contribution in [3.8, 4) is 17.0 Å². The molecule has 0 fully saturated rings. The van der Waals surface area contributed by atoms with Crippen LogP contribution < -0.4 is 15.1 Å². The minimum absolute atomic E-state index is 0.756. The highest BCUT2D eigenvalue weighted by Gasteiger charge is 2.04. The number of hydrogen-bond acceptors (Lipinski definition) is 6. The van der Waals surface area contributed by atoms with Crippen LogP contribution in [0.4, 0.5) is 10.8 Å². The first kappa shape index (κ1) is 17.0. The maximum absolute atomic E-state index is 5.17. The van der Waals surface area contributed by atoms with E-state index in [4.69, 9.17) is 4.74 Å². The molecule has 3 rings (SSSR count). The Kier molecular flexibility index (Phi) is 5.30. The minimum atomic E-state index is 0.756. The Balaban J connectivity index is 1.62. The van der Waals surface area contributed by atoms with E-state index in [0.29, 0.717) is 0 Å². The number of nitrogens with zero attached hydrogens (tertiary/aromatic N) is 3. The molecule has 0 radical (unpaired) electrons. The fraction of sp³-hybridized carbons (Fsp3) is 0.158. The maximum atomic E-state index is 5.17. The van der Waals surface area contributed by atoms with Gasteiger partial charge in [0.05, 0.1) is 19.0 Å². The summed E-state index contributed by atoms with van der Waals surface area (Å²) in [6, 6.07) is 16.0. The number of anilines is 2. The molecule has 0 saturated heterocycles. The molecule has 0 aliphatic carbocycles. The van der Waals surface area contributed by atoms with Gasteiger partial charge in [0.25, 0.3) is 0 Å². The summed E-state index contributed by atoms with van der Waals surface area (Å²) in [5, 5.41) is 7.02. The fourth-order valence-electron chi connectivity index (χ4n) is 2.24. The van der Waals surface area contributed by atoms with Crippen LogP contribution in [0, 0.1) is 0 Å². The predicted octanol–water partition coefficient (Wildman–Crippen LogP) is 4.33. The summed E-state index contributed by atoms with van der Waals surface area (Å²) < 4.78 is 5.17. The van der Waals surface area contributed by atoms with Crippen molar-refractivity contribution in [2.24, 2.45) is 5.10 Å². The second-order valence-electron chi connectivity index (χ2n) is 5.62. The Hall–Kier alpha value is -2.86. The monoisotopic (exact) mass is 352 g/mol. The van der Waals surface area contributed by atoms with E-state index in [1.54, 1.807) is 13.3 Å². The molecule has 0 bridgehead atoms. The van der Waals surface area contributed by atoms with Gasteiger partial charge in [-0.25, -0.2) is 4.98 Å². The van der Waals surface area contributed by atoms with Crippen molar-refractivity contribution in [3.63, 3.8) is 0 Å². The number of rotatable bonds is 6. The number of hydrazone groups is 1. The van der Waals surface area contributed by atoms with E-state index in [9.17, 15) is 0 Å². The number of hydrogen-bond donors (Lipinski definition) is 1. The van der Waals surface area contributed by atoms with Gasteiger partial charge in [-0.3, -0.25) is 5.43 Å². The first-order chi connectivity index (χ1) is 12.2. The Morgan fingerprint density at radius 1 is 1.08 bits per heavy atom. The van der Waals surface area contributed by atoms with Crippen molar-refractivity contribution in [3.05, 3.63) is 59.5 Å². The Morgan fingerprint density at radius 3 is 2.44 bits per heavy atom. The highest BCUT2D eigenvalue weighted by atomic mass is 32.1. The number of methoxy groups -OCH3 is 1. The van der Waals surface area contributed by atoms with Gasteiger partial charge in [0, 0.05) is 30.7 Å². The fourth-order valence-corrected chi connectivity index (χ4v) is 2.91. The maximum Gasteiger partial charge on any atom is 0.203 e.